The van der Waals surface area contributed by atoms with E-state index in [0.29, 0.717) is 32.1 Å². The Bertz CT molecular complexity index is 2120. The first-order valence-corrected chi connectivity index (χ1v) is 27.3. The monoisotopic (exact) mass is 1090 g/mol. The summed E-state index contributed by atoms with van der Waals surface area (Å²) in [6.45, 7) is 15.1. The number of aliphatic hydroxyl groups is 13. The number of carboxylic acids is 1. The van der Waals surface area contributed by atoms with E-state index in [1.165, 1.54) is 12.5 Å². The molecule has 5 aliphatic carbocycles. The largest absolute Gasteiger partial charge is 0.479 e. The van der Waals surface area contributed by atoms with E-state index in [0.717, 1.165) is 19.3 Å². The second kappa shape index (κ2) is 21.0. The van der Waals surface area contributed by atoms with Crippen molar-refractivity contribution < 1.29 is 114 Å². The van der Waals surface area contributed by atoms with Gasteiger partial charge >= 0.3 is 5.97 Å². The summed E-state index contributed by atoms with van der Waals surface area (Å²) in [4.78, 5) is 12.6. The van der Waals surface area contributed by atoms with Gasteiger partial charge in [0, 0.05) is 10.8 Å². The average Bonchev–Trinajstić information content (AvgIpc) is 3.37. The zero-order valence-electron chi connectivity index (χ0n) is 44.7. The highest BCUT2D eigenvalue weighted by Gasteiger charge is 2.71. The molecule has 0 aromatic heterocycles. The van der Waals surface area contributed by atoms with E-state index >= 15 is 0 Å². The minimum Gasteiger partial charge on any atom is -0.479 e. The van der Waals surface area contributed by atoms with Gasteiger partial charge in [0.1, 0.15) is 79.4 Å². The lowest BCUT2D eigenvalue weighted by Gasteiger charge is -2.72. The highest BCUT2D eigenvalue weighted by atomic mass is 16.8. The molecule has 436 valence electrons. The van der Waals surface area contributed by atoms with E-state index in [9.17, 15) is 76.3 Å². The summed E-state index contributed by atoms with van der Waals surface area (Å²) in [5, 5.41) is 153. The zero-order chi connectivity index (χ0) is 55.7. The van der Waals surface area contributed by atoms with Crippen LogP contribution in [0.15, 0.2) is 11.6 Å². The maximum absolute atomic E-state index is 12.6. The Morgan fingerprint density at radius 1 is 0.632 bits per heavy atom. The lowest BCUT2D eigenvalue weighted by Crippen LogP contribution is -2.69. The maximum atomic E-state index is 12.6. The minimum atomic E-state index is -2.11. The molecule has 4 saturated heterocycles. The summed E-state index contributed by atoms with van der Waals surface area (Å²) >= 11 is 0. The van der Waals surface area contributed by atoms with Crippen molar-refractivity contribution in [1.82, 2.24) is 0 Å². The molecule has 9 rings (SSSR count). The first kappa shape index (κ1) is 59.0. The van der Waals surface area contributed by atoms with Gasteiger partial charge in [0.2, 0.25) is 0 Å². The third kappa shape index (κ3) is 9.18. The van der Waals surface area contributed by atoms with Crippen molar-refractivity contribution in [3.63, 3.8) is 0 Å². The quantitative estimate of drug-likeness (QED) is 0.0797. The third-order valence-electron chi connectivity index (χ3n) is 21.4. The molecule has 23 heteroatoms. The molecule has 4 heterocycles. The second-order valence-electron chi connectivity index (χ2n) is 26.0. The van der Waals surface area contributed by atoms with E-state index in [1.807, 2.05) is 20.8 Å². The fourth-order valence-electron chi connectivity index (χ4n) is 16.4. The average molecular weight is 1090 g/mol. The van der Waals surface area contributed by atoms with Gasteiger partial charge in [-0.15, -0.1) is 0 Å². The number of carbonyl (C=O) groups is 1. The van der Waals surface area contributed by atoms with E-state index in [1.54, 1.807) is 0 Å². The van der Waals surface area contributed by atoms with E-state index in [2.05, 4.69) is 33.8 Å². The highest BCUT2D eigenvalue weighted by Crippen LogP contribution is 2.76. The Hall–Kier alpha value is -1.63. The number of fused-ring (bicyclic) bond motifs is 7. The Morgan fingerprint density at radius 2 is 1.26 bits per heavy atom. The maximum Gasteiger partial charge on any atom is 0.335 e. The molecule has 76 heavy (non-hydrogen) atoms. The zero-order valence-corrected chi connectivity index (χ0v) is 44.7. The molecule has 9 aliphatic rings. The third-order valence-corrected chi connectivity index (χ3v) is 21.4. The van der Waals surface area contributed by atoms with Crippen LogP contribution in [0.2, 0.25) is 0 Å². The smallest absolute Gasteiger partial charge is 0.335 e. The Labute approximate surface area is 442 Å². The van der Waals surface area contributed by atoms with Crippen molar-refractivity contribution in [2.75, 3.05) is 19.8 Å². The van der Waals surface area contributed by atoms with Crippen LogP contribution in [0.25, 0.3) is 0 Å². The lowest BCUT2D eigenvalue weighted by atomic mass is 9.33. The normalized spacial score (nSPS) is 56.3. The fraction of sp³-hybridized carbons (Fsp3) is 0.943. The first-order valence-electron chi connectivity index (χ1n) is 27.3. The molecule has 30 atom stereocenters. The lowest BCUT2D eigenvalue weighted by molar-refractivity contribution is -0.396. The molecule has 0 bridgehead atoms. The molecule has 14 N–H and O–H groups in total. The number of aliphatic hydroxyl groups excluding tert-OH is 13. The molecule has 0 aromatic carbocycles. The number of rotatable bonds is 11. The van der Waals surface area contributed by atoms with Gasteiger partial charge < -0.3 is 109 Å². The number of carboxylic acid groups (broad SMARTS) is 1. The van der Waals surface area contributed by atoms with Crippen molar-refractivity contribution in [3.05, 3.63) is 11.6 Å². The number of hydrogen-bond acceptors (Lipinski definition) is 22. The van der Waals surface area contributed by atoms with Gasteiger partial charge in [-0.3, -0.25) is 0 Å². The molecular weight excluding hydrogens is 1000 g/mol. The predicted molar refractivity (Wildman–Crippen MR) is 259 cm³/mol. The molecule has 4 aliphatic heterocycles. The molecule has 0 aromatic rings. The first-order chi connectivity index (χ1) is 35.4. The van der Waals surface area contributed by atoms with Crippen LogP contribution in [-0.2, 0) is 42.7 Å². The second-order valence-corrected chi connectivity index (χ2v) is 26.0. The predicted octanol–water partition coefficient (Wildman–Crippen LogP) is -1.86. The molecule has 0 radical (unpaired) electrons. The Balaban J connectivity index is 0.969. The minimum absolute atomic E-state index is 0.0217. The molecule has 4 saturated carbocycles. The molecule has 0 spiro atoms. The molecule has 8 fully saturated rings. The van der Waals surface area contributed by atoms with Crippen molar-refractivity contribution >= 4 is 5.97 Å². The van der Waals surface area contributed by atoms with Crippen LogP contribution in [0, 0.1) is 50.2 Å². The van der Waals surface area contributed by atoms with Crippen molar-refractivity contribution in [1.29, 1.82) is 0 Å². The van der Waals surface area contributed by atoms with Gasteiger partial charge in [-0.25, -0.2) is 4.79 Å². The number of hydrogen-bond donors (Lipinski definition) is 14. The number of aliphatic carboxylic acids is 1. The van der Waals surface area contributed by atoms with Crippen molar-refractivity contribution in [2.45, 2.75) is 242 Å². The van der Waals surface area contributed by atoms with Crippen LogP contribution in [0.5, 0.6) is 0 Å². The summed E-state index contributed by atoms with van der Waals surface area (Å²) in [6.07, 6.45) is -27.3. The van der Waals surface area contributed by atoms with E-state index in [-0.39, 0.29) is 47.2 Å². The Kier molecular flexibility index (Phi) is 16.3. The van der Waals surface area contributed by atoms with Crippen molar-refractivity contribution in [3.8, 4) is 0 Å². The number of ether oxygens (including phenoxy) is 8. The fourth-order valence-corrected chi connectivity index (χ4v) is 16.4. The van der Waals surface area contributed by atoms with Crippen LogP contribution >= 0.6 is 0 Å². The van der Waals surface area contributed by atoms with Crippen LogP contribution in [0.4, 0.5) is 0 Å². The van der Waals surface area contributed by atoms with Crippen LogP contribution in [0.1, 0.15) is 107 Å². The standard InChI is InChI=1S/C53H86O23/c1-21-29(57)32(60)37(65)45(70-21)74-39-33(61)31(59)25(18-54)71-46(39)75-40-35(63)34(62)38(43(67)68)73-47(40)72-28-12-13-50(5)26(51(28,6)20-55)11-14-53(8)27(50)10-9-22-23-17-48(2,3)42(41(66)49(23,4)15-16-52(22,53)7)76-44-36(64)30(58)24(56)19-69-44/h9,21,23-42,44-47,54-66H,10-20H2,1-8H3,(H,67,68). The van der Waals surface area contributed by atoms with Crippen LogP contribution in [0.3, 0.4) is 0 Å². The summed E-state index contributed by atoms with van der Waals surface area (Å²) in [6, 6.07) is 0. The van der Waals surface area contributed by atoms with Gasteiger partial charge in [-0.1, -0.05) is 60.1 Å². The van der Waals surface area contributed by atoms with E-state index < -0.39 is 164 Å². The summed E-state index contributed by atoms with van der Waals surface area (Å²) in [5.74, 6) is -1.71. The van der Waals surface area contributed by atoms with Gasteiger partial charge in [0.25, 0.3) is 0 Å². The Morgan fingerprint density at radius 3 is 1.91 bits per heavy atom. The highest BCUT2D eigenvalue weighted by molar-refractivity contribution is 5.73. The summed E-state index contributed by atoms with van der Waals surface area (Å²) < 4.78 is 48.3. The molecule has 30 unspecified atom stereocenters. The van der Waals surface area contributed by atoms with Crippen molar-refractivity contribution in [2.24, 2.45) is 50.2 Å². The number of allylic oxidation sites excluding steroid dienone is 2. The topological polar surface area (TPSA) is 374 Å². The van der Waals surface area contributed by atoms with Crippen LogP contribution in [-0.4, -0.2) is 232 Å². The molecule has 0 amide bonds. The van der Waals surface area contributed by atoms with E-state index in [4.69, 9.17) is 37.9 Å². The van der Waals surface area contributed by atoms with Gasteiger partial charge in [0.05, 0.1) is 44.2 Å². The summed E-state index contributed by atoms with van der Waals surface area (Å²) in [7, 11) is 0. The van der Waals surface area contributed by atoms with Gasteiger partial charge in [-0.05, 0) is 97.7 Å². The molecule has 23 nitrogen and oxygen atoms in total. The van der Waals surface area contributed by atoms with Gasteiger partial charge in [-0.2, -0.15) is 0 Å². The van der Waals surface area contributed by atoms with Crippen LogP contribution < -0.4 is 0 Å². The SMILES string of the molecule is CC1OC(OC2C(OC3C(OC4CCC5(C)C(CCC6(C)C5CC=C5C7CC(C)(C)C(OC8OCC(O)C(O)C8O)C(O)C7(C)CCC56C)C4(C)CO)OC(C(=O)O)C(O)C3O)OC(CO)C(O)C2O)C(O)C(O)C1O. The van der Waals surface area contributed by atoms with Gasteiger partial charge in [0.15, 0.2) is 31.3 Å². The summed E-state index contributed by atoms with van der Waals surface area (Å²) in [5.41, 5.74) is -1.84. The molecular formula is C53H86O23.